The Morgan fingerprint density at radius 2 is 2.24 bits per heavy atom. The molecular formula is C17H24N2OS. The summed E-state index contributed by atoms with van der Waals surface area (Å²) in [5.74, 6) is 1.49. The van der Waals surface area contributed by atoms with Gasteiger partial charge < -0.3 is 10.1 Å². The fourth-order valence-electron chi connectivity index (χ4n) is 2.47. The Morgan fingerprint density at radius 3 is 2.95 bits per heavy atom. The largest absolute Gasteiger partial charge is 0.497 e. The number of hydrogen-bond donors (Lipinski definition) is 1. The Hall–Kier alpha value is -1.39. The summed E-state index contributed by atoms with van der Waals surface area (Å²) in [7, 11) is 1.72. The molecule has 4 heteroatoms. The summed E-state index contributed by atoms with van der Waals surface area (Å²) in [4.78, 5) is 4.43. The molecule has 1 N–H and O–H groups in total. The fraction of sp³-hybridized carbons (Fsp3) is 0.471. The Bertz CT molecular complexity index is 513. The molecule has 2 rings (SSSR count). The van der Waals surface area contributed by atoms with Crippen molar-refractivity contribution in [2.24, 2.45) is 5.92 Å². The van der Waals surface area contributed by atoms with E-state index < -0.39 is 0 Å². The quantitative estimate of drug-likeness (QED) is 0.719. The molecule has 0 aliphatic carbocycles. The van der Waals surface area contributed by atoms with Crippen molar-refractivity contribution in [2.45, 2.75) is 26.2 Å². The lowest BCUT2D eigenvalue weighted by molar-refractivity contribution is 0.413. The minimum atomic E-state index is 0.561. The highest BCUT2D eigenvalue weighted by molar-refractivity contribution is 7.07. The van der Waals surface area contributed by atoms with Crippen LogP contribution in [0.15, 0.2) is 35.2 Å². The number of ether oxygens (including phenoxy) is 1. The third-order valence-corrected chi connectivity index (χ3v) is 4.13. The van der Waals surface area contributed by atoms with Gasteiger partial charge in [0.2, 0.25) is 0 Å². The summed E-state index contributed by atoms with van der Waals surface area (Å²) in [6, 6.07) is 8.37. The highest BCUT2D eigenvalue weighted by Gasteiger charge is 2.12. The second kappa shape index (κ2) is 8.80. The van der Waals surface area contributed by atoms with Gasteiger partial charge in [0, 0.05) is 5.38 Å². The SMILES string of the molecule is CCCNCC(Cc1cccc(OC)c1)Cc1cscn1. The van der Waals surface area contributed by atoms with Crippen LogP contribution in [0.3, 0.4) is 0 Å². The van der Waals surface area contributed by atoms with Gasteiger partial charge in [-0.25, -0.2) is 4.98 Å². The van der Waals surface area contributed by atoms with Gasteiger partial charge in [-0.1, -0.05) is 19.1 Å². The van der Waals surface area contributed by atoms with Crippen molar-refractivity contribution >= 4 is 11.3 Å². The first-order valence-corrected chi connectivity index (χ1v) is 8.46. The molecule has 0 amide bonds. The monoisotopic (exact) mass is 304 g/mol. The number of nitrogens with one attached hydrogen (secondary N) is 1. The lowest BCUT2D eigenvalue weighted by Crippen LogP contribution is -2.26. The zero-order valence-corrected chi connectivity index (χ0v) is 13.7. The molecule has 0 saturated heterocycles. The number of nitrogens with zero attached hydrogens (tertiary/aromatic N) is 1. The average Bonchev–Trinajstić information content (AvgIpc) is 3.00. The van der Waals surface area contributed by atoms with Crippen LogP contribution in [-0.4, -0.2) is 25.2 Å². The fourth-order valence-corrected chi connectivity index (χ4v) is 3.04. The van der Waals surface area contributed by atoms with E-state index in [-0.39, 0.29) is 0 Å². The van der Waals surface area contributed by atoms with E-state index in [9.17, 15) is 0 Å². The number of aromatic nitrogens is 1. The number of rotatable bonds is 9. The Labute approximate surface area is 131 Å². The van der Waals surface area contributed by atoms with Crippen molar-refractivity contribution in [1.82, 2.24) is 10.3 Å². The van der Waals surface area contributed by atoms with Crippen molar-refractivity contribution in [2.75, 3.05) is 20.2 Å². The van der Waals surface area contributed by atoms with E-state index in [1.54, 1.807) is 18.4 Å². The minimum absolute atomic E-state index is 0.561. The van der Waals surface area contributed by atoms with E-state index in [1.807, 2.05) is 11.6 Å². The van der Waals surface area contributed by atoms with Gasteiger partial charge in [-0.05, 0) is 56.0 Å². The second-order valence-corrected chi connectivity index (χ2v) is 6.03. The van der Waals surface area contributed by atoms with E-state index in [1.165, 1.54) is 17.7 Å². The highest BCUT2D eigenvalue weighted by Crippen LogP contribution is 2.18. The molecule has 1 atom stereocenters. The van der Waals surface area contributed by atoms with Gasteiger partial charge >= 0.3 is 0 Å². The van der Waals surface area contributed by atoms with Crippen molar-refractivity contribution < 1.29 is 4.74 Å². The van der Waals surface area contributed by atoms with Gasteiger partial charge in [0.05, 0.1) is 18.3 Å². The molecule has 3 nitrogen and oxygen atoms in total. The molecule has 0 spiro atoms. The Kier molecular flexibility index (Phi) is 6.70. The van der Waals surface area contributed by atoms with Gasteiger partial charge in [0.1, 0.15) is 5.75 Å². The van der Waals surface area contributed by atoms with Crippen molar-refractivity contribution in [1.29, 1.82) is 0 Å². The molecule has 0 aliphatic rings. The highest BCUT2D eigenvalue weighted by atomic mass is 32.1. The molecule has 114 valence electrons. The van der Waals surface area contributed by atoms with Crippen LogP contribution in [0, 0.1) is 5.92 Å². The zero-order valence-electron chi connectivity index (χ0n) is 12.8. The summed E-state index contributed by atoms with van der Waals surface area (Å²) in [5.41, 5.74) is 4.44. The first kappa shape index (κ1) is 16.0. The molecular weight excluding hydrogens is 280 g/mol. The smallest absolute Gasteiger partial charge is 0.119 e. The maximum atomic E-state index is 5.31. The minimum Gasteiger partial charge on any atom is -0.497 e. The molecule has 1 unspecified atom stereocenters. The van der Waals surface area contributed by atoms with Crippen LogP contribution in [0.1, 0.15) is 24.6 Å². The molecule has 0 aliphatic heterocycles. The van der Waals surface area contributed by atoms with Gasteiger partial charge in [0.15, 0.2) is 0 Å². The number of benzene rings is 1. The molecule has 21 heavy (non-hydrogen) atoms. The topological polar surface area (TPSA) is 34.1 Å². The molecule has 1 heterocycles. The first-order chi connectivity index (χ1) is 10.3. The number of methoxy groups -OCH3 is 1. The van der Waals surface area contributed by atoms with Crippen molar-refractivity contribution in [3.8, 4) is 5.75 Å². The summed E-state index contributed by atoms with van der Waals surface area (Å²) in [6.45, 7) is 4.30. The van der Waals surface area contributed by atoms with Crippen molar-refractivity contribution in [3.05, 3.63) is 46.4 Å². The predicted octanol–water partition coefficient (Wildman–Crippen LogP) is 3.55. The third kappa shape index (κ3) is 5.48. The number of hydrogen-bond acceptors (Lipinski definition) is 4. The summed E-state index contributed by atoms with van der Waals surface area (Å²) in [6.07, 6.45) is 3.24. The molecule has 2 aromatic rings. The van der Waals surface area contributed by atoms with Gasteiger partial charge in [-0.2, -0.15) is 0 Å². The van der Waals surface area contributed by atoms with Crippen LogP contribution in [0.2, 0.25) is 0 Å². The second-order valence-electron chi connectivity index (χ2n) is 5.31. The van der Waals surface area contributed by atoms with E-state index in [0.29, 0.717) is 5.92 Å². The summed E-state index contributed by atoms with van der Waals surface area (Å²) >= 11 is 1.67. The molecule has 1 aromatic heterocycles. The maximum Gasteiger partial charge on any atom is 0.119 e. The summed E-state index contributed by atoms with van der Waals surface area (Å²) in [5, 5.41) is 5.69. The maximum absolute atomic E-state index is 5.31. The third-order valence-electron chi connectivity index (χ3n) is 3.50. The van der Waals surface area contributed by atoms with Crippen LogP contribution in [0.4, 0.5) is 0 Å². The van der Waals surface area contributed by atoms with Crippen LogP contribution in [-0.2, 0) is 12.8 Å². The average molecular weight is 304 g/mol. The predicted molar refractivity (Wildman–Crippen MR) is 89.2 cm³/mol. The Balaban J connectivity index is 1.99. The molecule has 0 fully saturated rings. The normalized spacial score (nSPS) is 12.3. The van der Waals surface area contributed by atoms with E-state index in [2.05, 4.69) is 40.8 Å². The van der Waals surface area contributed by atoms with Crippen LogP contribution in [0.5, 0.6) is 5.75 Å². The van der Waals surface area contributed by atoms with Gasteiger partial charge in [-0.15, -0.1) is 11.3 Å². The van der Waals surface area contributed by atoms with E-state index in [4.69, 9.17) is 4.74 Å². The first-order valence-electron chi connectivity index (χ1n) is 7.52. The molecule has 0 bridgehead atoms. The molecule has 0 radical (unpaired) electrons. The van der Waals surface area contributed by atoms with Gasteiger partial charge in [-0.3, -0.25) is 0 Å². The molecule has 0 saturated carbocycles. The van der Waals surface area contributed by atoms with E-state index in [0.717, 1.165) is 31.7 Å². The lowest BCUT2D eigenvalue weighted by atomic mass is 9.94. The van der Waals surface area contributed by atoms with E-state index >= 15 is 0 Å². The van der Waals surface area contributed by atoms with Crippen LogP contribution in [0.25, 0.3) is 0 Å². The standard InChI is InChI=1S/C17H24N2OS/c1-3-7-18-11-15(9-16-12-21-13-19-16)8-14-5-4-6-17(10-14)20-2/h4-6,10,12-13,15,18H,3,7-9,11H2,1-2H3. The number of thiazole rings is 1. The van der Waals surface area contributed by atoms with Crippen LogP contribution < -0.4 is 10.1 Å². The van der Waals surface area contributed by atoms with Crippen molar-refractivity contribution in [3.63, 3.8) is 0 Å². The van der Waals surface area contributed by atoms with Gasteiger partial charge in [0.25, 0.3) is 0 Å². The lowest BCUT2D eigenvalue weighted by Gasteiger charge is -2.17. The Morgan fingerprint density at radius 1 is 1.33 bits per heavy atom. The molecule has 1 aromatic carbocycles. The zero-order chi connectivity index (χ0) is 14.9. The summed E-state index contributed by atoms with van der Waals surface area (Å²) < 4.78 is 5.31. The van der Waals surface area contributed by atoms with Crippen LogP contribution >= 0.6 is 11.3 Å².